The van der Waals surface area contributed by atoms with Crippen LogP contribution in [0.3, 0.4) is 0 Å². The fourth-order valence-electron chi connectivity index (χ4n) is 1.10. The maximum Gasteiger partial charge on any atom is 0.248 e. The van der Waals surface area contributed by atoms with Crippen LogP contribution >= 0.6 is 15.9 Å². The van der Waals surface area contributed by atoms with E-state index in [1.807, 2.05) is 0 Å². The molecule has 0 aromatic heterocycles. The summed E-state index contributed by atoms with van der Waals surface area (Å²) in [7, 11) is 0. The molecule has 0 spiro atoms. The summed E-state index contributed by atoms with van der Waals surface area (Å²) in [5.41, 5.74) is 6.35. The van der Waals surface area contributed by atoms with Crippen LogP contribution in [0.5, 0.6) is 0 Å². The third-order valence-corrected chi connectivity index (χ3v) is 2.35. The maximum atomic E-state index is 10.9. The predicted octanol–water partition coefficient (Wildman–Crippen LogP) is 1.46. The van der Waals surface area contributed by atoms with E-state index in [9.17, 15) is 4.79 Å². The average molecular weight is 257 g/mol. The number of benzene rings is 1. The minimum atomic E-state index is -0.488. The zero-order chi connectivity index (χ0) is 10.7. The SMILES string of the molecule is [CH2]C(CO)c1cc(Br)cc(C(N)=O)c1. The molecule has 14 heavy (non-hydrogen) atoms. The summed E-state index contributed by atoms with van der Waals surface area (Å²) in [6.07, 6.45) is 0. The van der Waals surface area contributed by atoms with Gasteiger partial charge >= 0.3 is 0 Å². The number of carbonyl (C=O) groups excluding carboxylic acids is 1. The normalized spacial score (nSPS) is 12.5. The molecular weight excluding hydrogens is 246 g/mol. The molecule has 1 aromatic rings. The van der Waals surface area contributed by atoms with Crippen LogP contribution < -0.4 is 5.73 Å². The standard InChI is InChI=1S/C10H11BrNO2/c1-6(5-13)7-2-8(10(12)14)4-9(11)3-7/h2-4,6,13H,1,5H2,(H2,12,14). The fraction of sp³-hybridized carbons (Fsp3) is 0.200. The molecule has 0 fully saturated rings. The Morgan fingerprint density at radius 3 is 2.71 bits per heavy atom. The van der Waals surface area contributed by atoms with Crippen molar-refractivity contribution in [1.29, 1.82) is 0 Å². The van der Waals surface area contributed by atoms with Gasteiger partial charge in [-0.2, -0.15) is 0 Å². The van der Waals surface area contributed by atoms with Crippen LogP contribution in [0.25, 0.3) is 0 Å². The van der Waals surface area contributed by atoms with Gasteiger partial charge in [-0.15, -0.1) is 0 Å². The molecule has 1 rings (SSSR count). The van der Waals surface area contributed by atoms with Gasteiger partial charge < -0.3 is 10.8 Å². The second-order valence-corrected chi connectivity index (χ2v) is 3.93. The summed E-state index contributed by atoms with van der Waals surface area (Å²) in [6.45, 7) is 3.68. The molecule has 3 N–H and O–H groups in total. The van der Waals surface area contributed by atoms with Crippen molar-refractivity contribution in [2.45, 2.75) is 5.92 Å². The summed E-state index contributed by atoms with van der Waals surface area (Å²) < 4.78 is 0.755. The Balaban J connectivity index is 3.13. The molecule has 75 valence electrons. The van der Waals surface area contributed by atoms with Crippen LogP contribution in [0.15, 0.2) is 22.7 Å². The third-order valence-electron chi connectivity index (χ3n) is 1.90. The van der Waals surface area contributed by atoms with Crippen molar-refractivity contribution in [1.82, 2.24) is 0 Å². The Morgan fingerprint density at radius 1 is 1.57 bits per heavy atom. The quantitative estimate of drug-likeness (QED) is 0.860. The van der Waals surface area contributed by atoms with Gasteiger partial charge in [-0.05, 0) is 30.7 Å². The lowest BCUT2D eigenvalue weighted by Gasteiger charge is -2.09. The van der Waals surface area contributed by atoms with Crippen molar-refractivity contribution in [3.63, 3.8) is 0 Å². The van der Waals surface area contributed by atoms with Gasteiger partial charge in [-0.1, -0.05) is 15.9 Å². The minimum absolute atomic E-state index is 0.0609. The second-order valence-electron chi connectivity index (χ2n) is 3.02. The van der Waals surface area contributed by atoms with Gasteiger partial charge in [-0.3, -0.25) is 4.79 Å². The Hall–Kier alpha value is -0.870. The van der Waals surface area contributed by atoms with Gasteiger partial charge in [-0.25, -0.2) is 0 Å². The van der Waals surface area contributed by atoms with E-state index in [1.165, 1.54) is 0 Å². The Labute approximate surface area is 91.1 Å². The Bertz CT molecular complexity index is 352. The van der Waals surface area contributed by atoms with Crippen LogP contribution in [0, 0.1) is 6.92 Å². The van der Waals surface area contributed by atoms with Gasteiger partial charge in [0.2, 0.25) is 5.91 Å². The maximum absolute atomic E-state index is 10.9. The fourth-order valence-corrected chi connectivity index (χ4v) is 1.61. The smallest absolute Gasteiger partial charge is 0.248 e. The van der Waals surface area contributed by atoms with Crippen LogP contribution in [-0.2, 0) is 0 Å². The van der Waals surface area contributed by atoms with E-state index in [1.54, 1.807) is 18.2 Å². The average Bonchev–Trinajstić information content (AvgIpc) is 2.15. The molecule has 3 nitrogen and oxygen atoms in total. The van der Waals surface area contributed by atoms with E-state index in [-0.39, 0.29) is 12.5 Å². The highest BCUT2D eigenvalue weighted by Crippen LogP contribution is 2.21. The molecule has 0 heterocycles. The first-order valence-corrected chi connectivity index (χ1v) is 4.88. The van der Waals surface area contributed by atoms with Crippen LogP contribution in [-0.4, -0.2) is 17.6 Å². The van der Waals surface area contributed by atoms with Crippen molar-refractivity contribution in [3.8, 4) is 0 Å². The van der Waals surface area contributed by atoms with Gasteiger partial charge in [0.25, 0.3) is 0 Å². The molecule has 4 heteroatoms. The summed E-state index contributed by atoms with van der Waals surface area (Å²) in [5.74, 6) is -0.733. The van der Waals surface area contributed by atoms with Crippen LogP contribution in [0.4, 0.5) is 0 Å². The number of aliphatic hydroxyl groups excluding tert-OH is 1. The van der Waals surface area contributed by atoms with E-state index >= 15 is 0 Å². The summed E-state index contributed by atoms with van der Waals surface area (Å²) in [5, 5.41) is 8.91. The number of halogens is 1. The molecule has 0 saturated heterocycles. The first-order valence-electron chi connectivity index (χ1n) is 4.09. The summed E-state index contributed by atoms with van der Waals surface area (Å²) in [6, 6.07) is 5.08. The third kappa shape index (κ3) is 2.56. The van der Waals surface area contributed by atoms with Crippen LogP contribution in [0.1, 0.15) is 21.8 Å². The molecule has 0 aliphatic rings. The van der Waals surface area contributed by atoms with Gasteiger partial charge in [0.05, 0.1) is 0 Å². The molecule has 0 aliphatic heterocycles. The van der Waals surface area contributed by atoms with Crippen molar-refractivity contribution in [3.05, 3.63) is 40.7 Å². The Kier molecular flexibility index (Phi) is 3.66. The number of carbonyl (C=O) groups is 1. The number of primary amides is 1. The van der Waals surface area contributed by atoms with E-state index in [0.717, 1.165) is 10.0 Å². The number of nitrogens with two attached hydrogens (primary N) is 1. The number of rotatable bonds is 3. The van der Waals surface area contributed by atoms with Crippen molar-refractivity contribution >= 4 is 21.8 Å². The van der Waals surface area contributed by atoms with Gasteiger partial charge in [0.15, 0.2) is 0 Å². The van der Waals surface area contributed by atoms with E-state index in [2.05, 4.69) is 22.9 Å². The van der Waals surface area contributed by atoms with E-state index < -0.39 is 5.91 Å². The number of aliphatic hydroxyl groups is 1. The zero-order valence-electron chi connectivity index (χ0n) is 7.53. The van der Waals surface area contributed by atoms with Crippen LogP contribution in [0.2, 0.25) is 0 Å². The number of amides is 1. The number of hydrogen-bond donors (Lipinski definition) is 2. The number of hydrogen-bond acceptors (Lipinski definition) is 2. The zero-order valence-corrected chi connectivity index (χ0v) is 9.12. The van der Waals surface area contributed by atoms with Crippen molar-refractivity contribution < 1.29 is 9.90 Å². The molecule has 0 aliphatic carbocycles. The Morgan fingerprint density at radius 2 is 2.21 bits per heavy atom. The first-order chi connectivity index (χ1) is 6.54. The minimum Gasteiger partial charge on any atom is -0.396 e. The first kappa shape index (κ1) is 11.2. The molecule has 1 radical (unpaired) electrons. The molecule has 1 aromatic carbocycles. The molecule has 1 unspecified atom stereocenters. The molecule has 1 amide bonds. The largest absolute Gasteiger partial charge is 0.396 e. The lowest BCUT2D eigenvalue weighted by Crippen LogP contribution is -2.12. The molecule has 0 saturated carbocycles. The molecular formula is C10H11BrNO2. The molecule has 0 bridgehead atoms. The lowest BCUT2D eigenvalue weighted by molar-refractivity contribution is 0.1000. The molecule has 1 atom stereocenters. The van der Waals surface area contributed by atoms with E-state index in [0.29, 0.717) is 5.56 Å². The highest BCUT2D eigenvalue weighted by atomic mass is 79.9. The van der Waals surface area contributed by atoms with Gasteiger partial charge in [0.1, 0.15) is 0 Å². The monoisotopic (exact) mass is 256 g/mol. The van der Waals surface area contributed by atoms with Crippen molar-refractivity contribution in [2.75, 3.05) is 6.61 Å². The summed E-state index contributed by atoms with van der Waals surface area (Å²) >= 11 is 3.26. The lowest BCUT2D eigenvalue weighted by atomic mass is 10.00. The van der Waals surface area contributed by atoms with Gasteiger partial charge in [0, 0.05) is 22.6 Å². The highest BCUT2D eigenvalue weighted by Gasteiger charge is 2.09. The van der Waals surface area contributed by atoms with E-state index in [4.69, 9.17) is 10.8 Å². The summed E-state index contributed by atoms with van der Waals surface area (Å²) in [4.78, 5) is 10.9. The highest BCUT2D eigenvalue weighted by molar-refractivity contribution is 9.10. The second kappa shape index (κ2) is 4.57. The van der Waals surface area contributed by atoms with Crippen molar-refractivity contribution in [2.24, 2.45) is 5.73 Å². The predicted molar refractivity (Wildman–Crippen MR) is 57.8 cm³/mol. The topological polar surface area (TPSA) is 63.3 Å².